The molecule has 2 nitrogen and oxygen atoms in total. The fourth-order valence-electron chi connectivity index (χ4n) is 1.50. The van der Waals surface area contributed by atoms with E-state index in [4.69, 9.17) is 0 Å². The van der Waals surface area contributed by atoms with Crippen molar-refractivity contribution in [1.82, 2.24) is 4.90 Å². The molecule has 0 spiro atoms. The minimum atomic E-state index is -2.80. The van der Waals surface area contributed by atoms with Gasteiger partial charge in [0.25, 0.3) is 11.8 Å². The highest BCUT2D eigenvalue weighted by molar-refractivity contribution is 14.1. The topological polar surface area (TPSA) is 20.3 Å². The van der Waals surface area contributed by atoms with Crippen LogP contribution in [0.2, 0.25) is 0 Å². The molecule has 86 valence electrons. The molecule has 0 saturated carbocycles. The van der Waals surface area contributed by atoms with Crippen LogP contribution < -0.4 is 0 Å². The Morgan fingerprint density at radius 2 is 2.00 bits per heavy atom. The van der Waals surface area contributed by atoms with E-state index in [1.54, 1.807) is 22.6 Å². The van der Waals surface area contributed by atoms with E-state index in [0.29, 0.717) is 0 Å². The zero-order chi connectivity index (χ0) is 11.9. The lowest BCUT2D eigenvalue weighted by molar-refractivity contribution is -0.113. The molecule has 2 rings (SSSR count). The highest BCUT2D eigenvalue weighted by atomic mass is 127. The number of nitrogens with zero attached hydrogens (tertiary/aromatic N) is 1. The number of hydrogen-bond acceptors (Lipinski definition) is 1. The van der Waals surface area contributed by atoms with Gasteiger partial charge in [0.2, 0.25) is 0 Å². The van der Waals surface area contributed by atoms with Gasteiger partial charge in [-0.1, -0.05) is 6.07 Å². The molecular formula is C10H7F3INO. The van der Waals surface area contributed by atoms with Gasteiger partial charge in [-0.05, 0) is 34.7 Å². The summed E-state index contributed by atoms with van der Waals surface area (Å²) in [6.07, 6.45) is 0. The van der Waals surface area contributed by atoms with Gasteiger partial charge >= 0.3 is 0 Å². The van der Waals surface area contributed by atoms with Crippen LogP contribution in [0.3, 0.4) is 0 Å². The summed E-state index contributed by atoms with van der Waals surface area (Å²) in [5, 5.41) is 0. The predicted octanol–water partition coefficient (Wildman–Crippen LogP) is 2.52. The Labute approximate surface area is 104 Å². The molecule has 0 aliphatic carbocycles. The van der Waals surface area contributed by atoms with Crippen LogP contribution in [0.25, 0.3) is 0 Å². The molecule has 0 atom stereocenters. The van der Waals surface area contributed by atoms with E-state index in [1.165, 1.54) is 18.2 Å². The molecule has 16 heavy (non-hydrogen) atoms. The van der Waals surface area contributed by atoms with Gasteiger partial charge in [-0.3, -0.25) is 4.79 Å². The van der Waals surface area contributed by atoms with Gasteiger partial charge < -0.3 is 4.90 Å². The third kappa shape index (κ3) is 2.02. The Kier molecular flexibility index (Phi) is 2.85. The van der Waals surface area contributed by atoms with Crippen LogP contribution in [-0.2, 0) is 0 Å². The summed E-state index contributed by atoms with van der Waals surface area (Å²) < 4.78 is 38.5. The highest BCUT2D eigenvalue weighted by Crippen LogP contribution is 2.29. The Hall–Kier alpha value is -0.790. The van der Waals surface area contributed by atoms with Gasteiger partial charge in [0, 0.05) is 0 Å². The van der Waals surface area contributed by atoms with Gasteiger partial charge in [0.05, 0.1) is 22.2 Å². The number of amides is 1. The summed E-state index contributed by atoms with van der Waals surface area (Å²) in [5.41, 5.74) is 0.135. The zero-order valence-electron chi connectivity index (χ0n) is 8.01. The van der Waals surface area contributed by atoms with Gasteiger partial charge in [-0.2, -0.15) is 0 Å². The minimum absolute atomic E-state index is 0.135. The second-order valence-electron chi connectivity index (χ2n) is 3.62. The number of benzene rings is 1. The largest absolute Gasteiger partial charge is 0.326 e. The van der Waals surface area contributed by atoms with Crippen LogP contribution in [-0.4, -0.2) is 29.8 Å². The second kappa shape index (κ2) is 3.90. The van der Waals surface area contributed by atoms with Crippen LogP contribution in [0.4, 0.5) is 13.2 Å². The Bertz CT molecular complexity index is 442. The first kappa shape index (κ1) is 11.7. The summed E-state index contributed by atoms with van der Waals surface area (Å²) in [5.74, 6) is -3.86. The number of rotatable bonds is 1. The molecule has 0 radical (unpaired) electrons. The fourth-order valence-corrected chi connectivity index (χ4v) is 2.09. The average Bonchev–Trinajstić information content (AvgIpc) is 2.17. The molecule has 0 unspecified atom stereocenters. The van der Waals surface area contributed by atoms with Crippen LogP contribution in [0.15, 0.2) is 18.2 Å². The number of alkyl halides is 2. The molecule has 1 saturated heterocycles. The molecule has 1 aliphatic rings. The van der Waals surface area contributed by atoms with Gasteiger partial charge in [0.15, 0.2) is 0 Å². The monoisotopic (exact) mass is 341 g/mol. The Morgan fingerprint density at radius 1 is 1.38 bits per heavy atom. The fraction of sp³-hybridized carbons (Fsp3) is 0.300. The lowest BCUT2D eigenvalue weighted by atomic mass is 10.1. The number of carbonyl (C=O) groups is 1. The molecular weight excluding hydrogens is 334 g/mol. The molecule has 1 aromatic carbocycles. The first-order valence-corrected chi connectivity index (χ1v) is 5.60. The summed E-state index contributed by atoms with van der Waals surface area (Å²) in [7, 11) is 0. The molecule has 1 aromatic rings. The predicted molar refractivity (Wildman–Crippen MR) is 60.0 cm³/mol. The van der Waals surface area contributed by atoms with Crippen molar-refractivity contribution in [3.63, 3.8) is 0 Å². The quantitative estimate of drug-likeness (QED) is 0.719. The first-order chi connectivity index (χ1) is 7.41. The number of carbonyl (C=O) groups excluding carboxylic acids is 1. The lowest BCUT2D eigenvalue weighted by Crippen LogP contribution is -2.58. The van der Waals surface area contributed by atoms with Gasteiger partial charge in [-0.15, -0.1) is 0 Å². The molecule has 1 amide bonds. The molecule has 0 N–H and O–H groups in total. The molecule has 0 aromatic heterocycles. The van der Waals surface area contributed by atoms with E-state index in [9.17, 15) is 18.0 Å². The van der Waals surface area contributed by atoms with E-state index < -0.39 is 30.7 Å². The van der Waals surface area contributed by atoms with E-state index >= 15 is 0 Å². The van der Waals surface area contributed by atoms with Crippen LogP contribution >= 0.6 is 22.6 Å². The minimum Gasteiger partial charge on any atom is -0.326 e. The molecule has 1 heterocycles. The Morgan fingerprint density at radius 3 is 2.56 bits per heavy atom. The van der Waals surface area contributed by atoms with E-state index in [0.717, 1.165) is 4.90 Å². The standard InChI is InChI=1S/C10H7F3INO/c11-7-3-1-2-6(8(7)14)9(16)15-4-10(12,13)5-15/h1-3H,4-5H2. The summed E-state index contributed by atoms with van der Waals surface area (Å²) in [6, 6.07) is 4.05. The third-order valence-electron chi connectivity index (χ3n) is 2.31. The smallest absolute Gasteiger partial charge is 0.282 e. The maximum atomic E-state index is 13.2. The zero-order valence-corrected chi connectivity index (χ0v) is 10.2. The SMILES string of the molecule is O=C(c1cccc(F)c1I)N1CC(F)(F)C1. The van der Waals surface area contributed by atoms with Gasteiger partial charge in [0.1, 0.15) is 5.82 Å². The number of hydrogen-bond donors (Lipinski definition) is 0. The van der Waals surface area contributed by atoms with Gasteiger partial charge in [-0.25, -0.2) is 13.2 Å². The molecule has 1 aliphatic heterocycles. The molecule has 6 heteroatoms. The van der Waals surface area contributed by atoms with Crippen LogP contribution in [0, 0.1) is 9.39 Å². The van der Waals surface area contributed by atoms with Crippen molar-refractivity contribution < 1.29 is 18.0 Å². The van der Waals surface area contributed by atoms with E-state index in [2.05, 4.69) is 0 Å². The third-order valence-corrected chi connectivity index (χ3v) is 3.41. The number of likely N-dealkylation sites (tertiary alicyclic amines) is 1. The average molecular weight is 341 g/mol. The second-order valence-corrected chi connectivity index (χ2v) is 4.70. The van der Waals surface area contributed by atoms with Crippen molar-refractivity contribution in [1.29, 1.82) is 0 Å². The first-order valence-electron chi connectivity index (χ1n) is 4.52. The molecule has 1 fully saturated rings. The van der Waals surface area contributed by atoms with Crippen molar-refractivity contribution >= 4 is 28.5 Å². The maximum absolute atomic E-state index is 13.2. The summed E-state index contributed by atoms with van der Waals surface area (Å²) in [4.78, 5) is 12.7. The van der Waals surface area contributed by atoms with Crippen molar-refractivity contribution in [3.8, 4) is 0 Å². The lowest BCUT2D eigenvalue weighted by Gasteiger charge is -2.38. The summed E-state index contributed by atoms with van der Waals surface area (Å²) >= 11 is 1.69. The van der Waals surface area contributed by atoms with E-state index in [1.807, 2.05) is 0 Å². The summed E-state index contributed by atoms with van der Waals surface area (Å²) in [6.45, 7) is -1.17. The highest BCUT2D eigenvalue weighted by Gasteiger charge is 2.46. The van der Waals surface area contributed by atoms with Crippen molar-refractivity contribution in [3.05, 3.63) is 33.1 Å². The van der Waals surface area contributed by atoms with Crippen LogP contribution in [0.5, 0.6) is 0 Å². The normalized spacial score (nSPS) is 18.1. The van der Waals surface area contributed by atoms with Crippen molar-refractivity contribution in [2.24, 2.45) is 0 Å². The van der Waals surface area contributed by atoms with E-state index in [-0.39, 0.29) is 9.13 Å². The Balaban J connectivity index is 2.20. The maximum Gasteiger partial charge on any atom is 0.282 e. The van der Waals surface area contributed by atoms with Crippen molar-refractivity contribution in [2.45, 2.75) is 5.92 Å². The van der Waals surface area contributed by atoms with Crippen molar-refractivity contribution in [2.75, 3.05) is 13.1 Å². The molecule has 0 bridgehead atoms. The van der Waals surface area contributed by atoms with Crippen LogP contribution in [0.1, 0.15) is 10.4 Å². The number of halogens is 4.